The van der Waals surface area contributed by atoms with Crippen molar-refractivity contribution in [3.8, 4) is 5.75 Å². The van der Waals surface area contributed by atoms with Crippen molar-refractivity contribution in [2.24, 2.45) is 0 Å². The molecule has 0 aromatic heterocycles. The summed E-state index contributed by atoms with van der Waals surface area (Å²) >= 11 is 11.7. The van der Waals surface area contributed by atoms with Crippen LogP contribution in [-0.2, 0) is 14.3 Å². The standard InChI is InChI=1S/C18H16Cl2FNO4/c1-10-3-4-12(19)7-15(10)22-18(24)11(2)26-17(23)9-25-16-6-5-13(21)8-14(16)20/h3-8,11H,9H2,1-2H3,(H,22,24)/t11-/m0/s1. The zero-order chi connectivity index (χ0) is 19.3. The summed E-state index contributed by atoms with van der Waals surface area (Å²) in [5.74, 6) is -1.66. The molecular weight excluding hydrogens is 384 g/mol. The number of rotatable bonds is 6. The first kappa shape index (κ1) is 20.0. The fourth-order valence-corrected chi connectivity index (χ4v) is 2.37. The maximum atomic E-state index is 13.0. The van der Waals surface area contributed by atoms with Crippen molar-refractivity contribution in [1.82, 2.24) is 0 Å². The topological polar surface area (TPSA) is 64.6 Å². The van der Waals surface area contributed by atoms with Gasteiger partial charge in [-0.3, -0.25) is 4.79 Å². The largest absolute Gasteiger partial charge is 0.480 e. The van der Waals surface area contributed by atoms with E-state index in [-0.39, 0.29) is 10.8 Å². The first-order valence-electron chi connectivity index (χ1n) is 7.60. The molecular formula is C18H16Cl2FNO4. The predicted molar refractivity (Wildman–Crippen MR) is 97.3 cm³/mol. The summed E-state index contributed by atoms with van der Waals surface area (Å²) in [5, 5.41) is 3.14. The van der Waals surface area contributed by atoms with Gasteiger partial charge in [-0.2, -0.15) is 0 Å². The lowest BCUT2D eigenvalue weighted by Gasteiger charge is -2.15. The highest BCUT2D eigenvalue weighted by Gasteiger charge is 2.19. The van der Waals surface area contributed by atoms with Crippen LogP contribution in [0.2, 0.25) is 10.0 Å². The van der Waals surface area contributed by atoms with E-state index in [9.17, 15) is 14.0 Å². The van der Waals surface area contributed by atoms with Crippen LogP contribution in [0.3, 0.4) is 0 Å². The Kier molecular flexibility index (Phi) is 6.83. The lowest BCUT2D eigenvalue weighted by atomic mass is 10.2. The Morgan fingerprint density at radius 2 is 1.92 bits per heavy atom. The van der Waals surface area contributed by atoms with Gasteiger partial charge in [0.25, 0.3) is 5.91 Å². The Morgan fingerprint density at radius 1 is 1.19 bits per heavy atom. The van der Waals surface area contributed by atoms with Gasteiger partial charge in [0.15, 0.2) is 12.7 Å². The van der Waals surface area contributed by atoms with Gasteiger partial charge in [0.05, 0.1) is 5.02 Å². The molecule has 0 bridgehead atoms. The van der Waals surface area contributed by atoms with Gasteiger partial charge >= 0.3 is 5.97 Å². The van der Waals surface area contributed by atoms with Crippen molar-refractivity contribution in [2.75, 3.05) is 11.9 Å². The van der Waals surface area contributed by atoms with Crippen molar-refractivity contribution >= 4 is 40.8 Å². The normalized spacial score (nSPS) is 11.6. The average molecular weight is 400 g/mol. The molecule has 0 aliphatic carbocycles. The summed E-state index contributed by atoms with van der Waals surface area (Å²) in [5.41, 5.74) is 1.34. The minimum Gasteiger partial charge on any atom is -0.480 e. The Morgan fingerprint density at radius 3 is 2.62 bits per heavy atom. The zero-order valence-electron chi connectivity index (χ0n) is 14.0. The van der Waals surface area contributed by atoms with Crippen molar-refractivity contribution in [2.45, 2.75) is 20.0 Å². The summed E-state index contributed by atoms with van der Waals surface area (Å²) in [7, 11) is 0. The number of carbonyl (C=O) groups is 2. The molecule has 0 saturated heterocycles. The lowest BCUT2D eigenvalue weighted by Crippen LogP contribution is -2.31. The molecule has 0 fully saturated rings. The van der Waals surface area contributed by atoms with Crippen molar-refractivity contribution < 1.29 is 23.5 Å². The van der Waals surface area contributed by atoms with Crippen LogP contribution in [-0.4, -0.2) is 24.6 Å². The molecule has 0 unspecified atom stereocenters. The second-order valence-electron chi connectivity index (χ2n) is 5.44. The van der Waals surface area contributed by atoms with E-state index in [4.69, 9.17) is 32.7 Å². The summed E-state index contributed by atoms with van der Waals surface area (Å²) in [4.78, 5) is 24.0. The molecule has 2 aromatic carbocycles. The number of anilines is 1. The minimum absolute atomic E-state index is 0.0278. The van der Waals surface area contributed by atoms with Crippen LogP contribution < -0.4 is 10.1 Å². The van der Waals surface area contributed by atoms with Crippen LogP contribution in [0.5, 0.6) is 5.75 Å². The highest BCUT2D eigenvalue weighted by Crippen LogP contribution is 2.25. The molecule has 26 heavy (non-hydrogen) atoms. The van der Waals surface area contributed by atoms with Gasteiger partial charge in [0, 0.05) is 10.7 Å². The molecule has 138 valence electrons. The van der Waals surface area contributed by atoms with E-state index in [0.717, 1.165) is 17.7 Å². The summed E-state index contributed by atoms with van der Waals surface area (Å²) in [6.07, 6.45) is -1.05. The number of hydrogen-bond donors (Lipinski definition) is 1. The van der Waals surface area contributed by atoms with Crippen molar-refractivity contribution in [3.05, 3.63) is 57.8 Å². The monoisotopic (exact) mass is 399 g/mol. The predicted octanol–water partition coefficient (Wildman–Crippen LogP) is 4.39. The van der Waals surface area contributed by atoms with Gasteiger partial charge < -0.3 is 14.8 Å². The molecule has 8 heteroatoms. The number of nitrogens with one attached hydrogen (secondary N) is 1. The van der Waals surface area contributed by atoms with E-state index in [2.05, 4.69) is 5.32 Å². The second-order valence-corrected chi connectivity index (χ2v) is 6.29. The van der Waals surface area contributed by atoms with Crippen LogP contribution in [0.15, 0.2) is 36.4 Å². The molecule has 0 aliphatic rings. The lowest BCUT2D eigenvalue weighted by molar-refractivity contribution is -0.155. The number of benzene rings is 2. The van der Waals surface area contributed by atoms with Gasteiger partial charge in [-0.15, -0.1) is 0 Å². The van der Waals surface area contributed by atoms with E-state index in [1.165, 1.54) is 13.0 Å². The SMILES string of the molecule is Cc1ccc(Cl)cc1NC(=O)[C@H](C)OC(=O)COc1ccc(F)cc1Cl. The van der Waals surface area contributed by atoms with Crippen LogP contribution in [0.1, 0.15) is 12.5 Å². The molecule has 1 N–H and O–H groups in total. The molecule has 5 nitrogen and oxygen atoms in total. The third-order valence-electron chi connectivity index (χ3n) is 3.37. The number of aryl methyl sites for hydroxylation is 1. The Bertz CT molecular complexity index is 829. The first-order valence-corrected chi connectivity index (χ1v) is 8.36. The molecule has 0 aliphatic heterocycles. The molecule has 0 radical (unpaired) electrons. The third-order valence-corrected chi connectivity index (χ3v) is 3.90. The van der Waals surface area contributed by atoms with Crippen molar-refractivity contribution in [1.29, 1.82) is 0 Å². The van der Waals surface area contributed by atoms with Gasteiger partial charge in [0.1, 0.15) is 11.6 Å². The maximum Gasteiger partial charge on any atom is 0.344 e. The fourth-order valence-electron chi connectivity index (χ4n) is 1.98. The third kappa shape index (κ3) is 5.61. The number of carbonyl (C=O) groups excluding carboxylic acids is 2. The van der Waals surface area contributed by atoms with E-state index < -0.39 is 30.4 Å². The Labute approximate surface area is 160 Å². The smallest absolute Gasteiger partial charge is 0.344 e. The molecule has 0 heterocycles. The Balaban J connectivity index is 1.87. The fraction of sp³-hybridized carbons (Fsp3) is 0.222. The summed E-state index contributed by atoms with van der Waals surface area (Å²) < 4.78 is 23.1. The van der Waals surface area contributed by atoms with E-state index in [1.54, 1.807) is 18.2 Å². The number of hydrogen-bond acceptors (Lipinski definition) is 4. The molecule has 0 saturated carbocycles. The first-order chi connectivity index (χ1) is 12.3. The van der Waals surface area contributed by atoms with Gasteiger partial charge in [-0.05, 0) is 49.7 Å². The molecule has 2 aromatic rings. The average Bonchev–Trinajstić information content (AvgIpc) is 2.57. The number of halogens is 3. The van der Waals surface area contributed by atoms with Gasteiger partial charge in [-0.1, -0.05) is 29.3 Å². The minimum atomic E-state index is -1.05. The Hall–Kier alpha value is -2.31. The second kappa shape index (κ2) is 8.87. The molecule has 1 atom stereocenters. The number of amides is 1. The number of esters is 1. The van der Waals surface area contributed by atoms with Crippen LogP contribution in [0.25, 0.3) is 0 Å². The van der Waals surface area contributed by atoms with E-state index in [1.807, 2.05) is 6.92 Å². The van der Waals surface area contributed by atoms with Crippen LogP contribution in [0, 0.1) is 12.7 Å². The molecule has 0 spiro atoms. The number of ether oxygens (including phenoxy) is 2. The van der Waals surface area contributed by atoms with Crippen LogP contribution in [0.4, 0.5) is 10.1 Å². The maximum absolute atomic E-state index is 13.0. The summed E-state index contributed by atoms with van der Waals surface area (Å²) in [6.45, 7) is 2.76. The molecule has 2 rings (SSSR count). The van der Waals surface area contributed by atoms with Gasteiger partial charge in [-0.25, -0.2) is 9.18 Å². The zero-order valence-corrected chi connectivity index (χ0v) is 15.5. The van der Waals surface area contributed by atoms with Crippen LogP contribution >= 0.6 is 23.2 Å². The van der Waals surface area contributed by atoms with E-state index >= 15 is 0 Å². The highest BCUT2D eigenvalue weighted by atomic mass is 35.5. The quantitative estimate of drug-likeness (QED) is 0.731. The molecule has 1 amide bonds. The highest BCUT2D eigenvalue weighted by molar-refractivity contribution is 6.32. The van der Waals surface area contributed by atoms with E-state index in [0.29, 0.717) is 10.7 Å². The summed E-state index contributed by atoms with van der Waals surface area (Å²) in [6, 6.07) is 8.57. The van der Waals surface area contributed by atoms with Crippen molar-refractivity contribution in [3.63, 3.8) is 0 Å². The van der Waals surface area contributed by atoms with Gasteiger partial charge in [0.2, 0.25) is 0 Å².